The molecule has 2 N–H and O–H groups in total. The lowest BCUT2D eigenvalue weighted by Crippen LogP contribution is -2.20. The first-order valence-corrected chi connectivity index (χ1v) is 13.6. The van der Waals surface area contributed by atoms with Gasteiger partial charge in [0.2, 0.25) is 5.88 Å². The Labute approximate surface area is 210 Å². The molecule has 0 radical (unpaired) electrons. The second-order valence-electron chi connectivity index (χ2n) is 9.93. The summed E-state index contributed by atoms with van der Waals surface area (Å²) in [6.07, 6.45) is 6.62. The summed E-state index contributed by atoms with van der Waals surface area (Å²) in [4.78, 5) is 17.3. The molecule has 2 aromatic heterocycles. The number of nitrogens with one attached hydrogen (secondary N) is 1. The van der Waals surface area contributed by atoms with E-state index in [9.17, 15) is 18.5 Å². The molecule has 7 nitrogen and oxygen atoms in total. The molecule has 192 valence electrons. The molecule has 0 unspecified atom stereocenters. The van der Waals surface area contributed by atoms with Crippen molar-refractivity contribution in [2.24, 2.45) is 5.92 Å². The van der Waals surface area contributed by atoms with Crippen molar-refractivity contribution >= 4 is 15.5 Å². The summed E-state index contributed by atoms with van der Waals surface area (Å²) in [5.74, 6) is -0.566. The van der Waals surface area contributed by atoms with Gasteiger partial charge in [-0.3, -0.25) is 4.79 Å². The monoisotopic (exact) mass is 514 g/mol. The quantitative estimate of drug-likeness (QED) is 0.381. The summed E-state index contributed by atoms with van der Waals surface area (Å²) in [7, 11) is -2.08. The summed E-state index contributed by atoms with van der Waals surface area (Å²) in [6.45, 7) is 3.10. The molecule has 36 heavy (non-hydrogen) atoms. The van der Waals surface area contributed by atoms with Crippen LogP contribution in [0.15, 0.2) is 52.3 Å². The van der Waals surface area contributed by atoms with Gasteiger partial charge in [-0.1, -0.05) is 19.3 Å². The topological polar surface area (TPSA) is 113 Å². The number of methoxy groups -OCH3 is 1. The molecular weight excluding hydrogens is 483 g/mol. The Balaban J connectivity index is 1.67. The summed E-state index contributed by atoms with van der Waals surface area (Å²) in [5, 5.41) is 9.99. The number of carbonyl (C=O) groups is 1. The van der Waals surface area contributed by atoms with Gasteiger partial charge in [0.15, 0.2) is 10.9 Å². The molecule has 0 bridgehead atoms. The maximum absolute atomic E-state index is 14.7. The molecule has 0 amide bonds. The van der Waals surface area contributed by atoms with Crippen molar-refractivity contribution in [3.63, 3.8) is 0 Å². The fourth-order valence-electron chi connectivity index (χ4n) is 4.39. The Morgan fingerprint density at radius 2 is 2.06 bits per heavy atom. The SMILES string of the molecule is COc1cc(-c2cc(F)cc(CC3CCC3)c2CC(=O)C[S@@](=N)(=O)c2cc(C(C)(C)O)co2)ccn1. The number of Topliss-reactive ketones (excluding diaryl/α,β-unsaturated/α-hetero) is 1. The van der Waals surface area contributed by atoms with Gasteiger partial charge in [0.1, 0.15) is 15.5 Å². The first-order chi connectivity index (χ1) is 17.0. The van der Waals surface area contributed by atoms with E-state index >= 15 is 0 Å². The number of ketones is 1. The van der Waals surface area contributed by atoms with Crippen molar-refractivity contribution in [2.75, 3.05) is 12.9 Å². The number of pyridine rings is 1. The van der Waals surface area contributed by atoms with E-state index in [4.69, 9.17) is 13.9 Å². The Morgan fingerprint density at radius 1 is 1.31 bits per heavy atom. The van der Waals surface area contributed by atoms with Crippen LogP contribution in [0.3, 0.4) is 0 Å². The second kappa shape index (κ2) is 10.1. The smallest absolute Gasteiger partial charge is 0.213 e. The molecule has 4 rings (SSSR count). The fourth-order valence-corrected chi connectivity index (χ4v) is 5.61. The molecule has 1 aliphatic rings. The minimum Gasteiger partial charge on any atom is -0.481 e. The van der Waals surface area contributed by atoms with Crippen molar-refractivity contribution in [1.29, 1.82) is 4.78 Å². The highest BCUT2D eigenvalue weighted by molar-refractivity contribution is 7.93. The van der Waals surface area contributed by atoms with Crippen LogP contribution in [-0.2, 0) is 33.0 Å². The zero-order valence-electron chi connectivity index (χ0n) is 20.7. The van der Waals surface area contributed by atoms with Gasteiger partial charge < -0.3 is 14.3 Å². The van der Waals surface area contributed by atoms with E-state index in [0.29, 0.717) is 40.5 Å². The predicted molar refractivity (Wildman–Crippen MR) is 134 cm³/mol. The zero-order valence-corrected chi connectivity index (χ0v) is 21.5. The van der Waals surface area contributed by atoms with Gasteiger partial charge in [-0.2, -0.15) is 0 Å². The summed E-state index contributed by atoms with van der Waals surface area (Å²) >= 11 is 0. The Hall–Kier alpha value is -3.04. The van der Waals surface area contributed by atoms with Crippen LogP contribution < -0.4 is 4.74 Å². The minimum atomic E-state index is -3.58. The number of hydrogen-bond donors (Lipinski definition) is 2. The fraction of sp³-hybridized carbons (Fsp3) is 0.407. The van der Waals surface area contributed by atoms with Gasteiger partial charge in [-0.15, -0.1) is 0 Å². The first kappa shape index (κ1) is 26.0. The van der Waals surface area contributed by atoms with Crippen LogP contribution >= 0.6 is 0 Å². The molecule has 9 heteroatoms. The van der Waals surface area contributed by atoms with E-state index in [0.717, 1.165) is 24.8 Å². The number of ether oxygens (including phenoxy) is 1. The number of furan rings is 1. The third-order valence-electron chi connectivity index (χ3n) is 6.64. The molecule has 1 saturated carbocycles. The lowest BCUT2D eigenvalue weighted by molar-refractivity contribution is -0.116. The Bertz CT molecular complexity index is 1370. The molecule has 1 aliphatic carbocycles. The number of rotatable bonds is 10. The molecular formula is C27H31FN2O5S. The van der Waals surface area contributed by atoms with Gasteiger partial charge in [0.25, 0.3) is 0 Å². The highest BCUT2D eigenvalue weighted by Crippen LogP contribution is 2.35. The molecule has 0 saturated heterocycles. The van der Waals surface area contributed by atoms with Crippen LogP contribution in [0.5, 0.6) is 5.88 Å². The third-order valence-corrected chi connectivity index (χ3v) is 8.23. The van der Waals surface area contributed by atoms with E-state index in [1.807, 2.05) is 0 Å². The first-order valence-electron chi connectivity index (χ1n) is 11.9. The number of aliphatic hydroxyl groups is 1. The van der Waals surface area contributed by atoms with E-state index < -0.39 is 32.7 Å². The van der Waals surface area contributed by atoms with Crippen molar-refractivity contribution in [1.82, 2.24) is 4.98 Å². The van der Waals surface area contributed by atoms with Crippen molar-refractivity contribution in [3.8, 4) is 17.0 Å². The van der Waals surface area contributed by atoms with E-state index in [2.05, 4.69) is 4.98 Å². The third kappa shape index (κ3) is 5.84. The molecule has 1 fully saturated rings. The minimum absolute atomic E-state index is 0.1000. The van der Waals surface area contributed by atoms with Gasteiger partial charge in [-0.05, 0) is 66.6 Å². The average Bonchev–Trinajstić information content (AvgIpc) is 3.29. The van der Waals surface area contributed by atoms with E-state index in [-0.39, 0.29) is 11.5 Å². The summed E-state index contributed by atoms with van der Waals surface area (Å²) < 4.78 is 46.7. The maximum Gasteiger partial charge on any atom is 0.213 e. The molecule has 2 heterocycles. The molecule has 0 aliphatic heterocycles. The van der Waals surface area contributed by atoms with Crippen molar-refractivity contribution in [2.45, 2.75) is 56.6 Å². The highest BCUT2D eigenvalue weighted by atomic mass is 32.2. The largest absolute Gasteiger partial charge is 0.481 e. The lowest BCUT2D eigenvalue weighted by Gasteiger charge is -2.27. The van der Waals surface area contributed by atoms with Gasteiger partial charge >= 0.3 is 0 Å². The van der Waals surface area contributed by atoms with Gasteiger partial charge in [0.05, 0.1) is 24.7 Å². The number of hydrogen-bond acceptors (Lipinski definition) is 7. The molecule has 3 aromatic rings. The zero-order chi connectivity index (χ0) is 26.1. The second-order valence-corrected chi connectivity index (χ2v) is 12.0. The number of benzene rings is 1. The molecule has 0 spiro atoms. The van der Waals surface area contributed by atoms with Crippen molar-refractivity contribution < 1.29 is 27.7 Å². The maximum atomic E-state index is 14.7. The van der Waals surface area contributed by atoms with Crippen LogP contribution in [0, 0.1) is 16.5 Å². The van der Waals surface area contributed by atoms with Crippen molar-refractivity contribution in [3.05, 3.63) is 65.3 Å². The molecule has 1 aromatic carbocycles. The van der Waals surface area contributed by atoms with Gasteiger partial charge in [-0.25, -0.2) is 18.4 Å². The number of aromatic nitrogens is 1. The Morgan fingerprint density at radius 3 is 2.67 bits per heavy atom. The lowest BCUT2D eigenvalue weighted by atomic mass is 9.78. The Kier molecular flexibility index (Phi) is 7.33. The predicted octanol–water partition coefficient (Wildman–Crippen LogP) is 5.28. The standard InChI is InChI=1S/C27H31FN2O5S/c1-27(2,32)20-12-26(35-15-20)36(29,33)16-22(31)14-24-19(9-17-5-4-6-17)10-21(28)13-23(24)18-7-8-30-25(11-18)34-3/h7-8,10-13,15,17,29,32H,4-6,9,14,16H2,1-3H3/t36-/m1/s1. The van der Waals surface area contributed by atoms with Crippen LogP contribution in [0.25, 0.3) is 11.1 Å². The highest BCUT2D eigenvalue weighted by Gasteiger charge is 2.27. The van der Waals surface area contributed by atoms with E-state index in [1.54, 1.807) is 32.2 Å². The normalized spacial score (nSPS) is 15.8. The summed E-state index contributed by atoms with van der Waals surface area (Å²) in [6, 6.07) is 7.64. The van der Waals surface area contributed by atoms with Crippen LogP contribution in [0.4, 0.5) is 4.39 Å². The van der Waals surface area contributed by atoms with Gasteiger partial charge in [0, 0.05) is 30.3 Å². The van der Waals surface area contributed by atoms with E-state index in [1.165, 1.54) is 31.6 Å². The average molecular weight is 515 g/mol. The van der Waals surface area contributed by atoms with Crippen LogP contribution in [0.1, 0.15) is 49.8 Å². The van der Waals surface area contributed by atoms with Crippen LogP contribution in [0.2, 0.25) is 0 Å². The number of carbonyl (C=O) groups excluding carboxylic acids is 1. The van der Waals surface area contributed by atoms with Crippen LogP contribution in [-0.4, -0.2) is 32.9 Å². The number of nitrogens with zero attached hydrogens (tertiary/aromatic N) is 1. The number of halogens is 1. The molecule has 1 atom stereocenters. The summed E-state index contributed by atoms with van der Waals surface area (Å²) in [5.41, 5.74) is 1.77.